The third-order valence-electron chi connectivity index (χ3n) is 3.04. The standard InChI is InChI=1S/C16H12O/c1-2-12-8-6-7-11-14(12)16-15(17-16)13-9-4-3-5-10-13/h1,3-11,15-16H/t15-,16-/m0/s1. The molecule has 0 unspecified atom stereocenters. The SMILES string of the molecule is C#Cc1ccccc1[C@@H]1O[C@H]1c1ccccc1. The van der Waals surface area contributed by atoms with E-state index in [1.54, 1.807) is 0 Å². The zero-order valence-corrected chi connectivity index (χ0v) is 9.34. The number of epoxide rings is 1. The Morgan fingerprint density at radius 3 is 2.35 bits per heavy atom. The first kappa shape index (κ1) is 10.1. The van der Waals surface area contributed by atoms with Crippen LogP contribution < -0.4 is 0 Å². The zero-order chi connectivity index (χ0) is 11.7. The summed E-state index contributed by atoms with van der Waals surface area (Å²) in [5, 5.41) is 0. The lowest BCUT2D eigenvalue weighted by molar-refractivity contribution is 0.377. The highest BCUT2D eigenvalue weighted by Gasteiger charge is 2.42. The molecule has 0 saturated carbocycles. The summed E-state index contributed by atoms with van der Waals surface area (Å²) >= 11 is 0. The Hall–Kier alpha value is -2.04. The van der Waals surface area contributed by atoms with Gasteiger partial charge in [0.1, 0.15) is 12.2 Å². The van der Waals surface area contributed by atoms with Gasteiger partial charge in [0.2, 0.25) is 0 Å². The quantitative estimate of drug-likeness (QED) is 0.557. The monoisotopic (exact) mass is 220 g/mol. The minimum Gasteiger partial charge on any atom is -0.359 e. The molecule has 17 heavy (non-hydrogen) atoms. The van der Waals surface area contributed by atoms with Crippen LogP contribution in [0.4, 0.5) is 0 Å². The van der Waals surface area contributed by atoms with Gasteiger partial charge in [-0.2, -0.15) is 0 Å². The van der Waals surface area contributed by atoms with Crippen LogP contribution in [0, 0.1) is 12.3 Å². The van der Waals surface area contributed by atoms with Gasteiger partial charge in [0, 0.05) is 5.56 Å². The molecule has 1 heteroatoms. The molecule has 1 fully saturated rings. The number of ether oxygens (including phenoxy) is 1. The predicted molar refractivity (Wildman–Crippen MR) is 67.4 cm³/mol. The molecule has 1 aliphatic rings. The Balaban J connectivity index is 1.88. The van der Waals surface area contributed by atoms with Crippen molar-refractivity contribution in [3.05, 3.63) is 71.3 Å². The van der Waals surface area contributed by atoms with Gasteiger partial charge in [-0.15, -0.1) is 6.42 Å². The van der Waals surface area contributed by atoms with Crippen molar-refractivity contribution in [2.45, 2.75) is 12.2 Å². The molecule has 1 aliphatic heterocycles. The molecule has 1 nitrogen and oxygen atoms in total. The average molecular weight is 220 g/mol. The second-order valence-corrected chi connectivity index (χ2v) is 4.12. The topological polar surface area (TPSA) is 12.5 Å². The fourth-order valence-electron chi connectivity index (χ4n) is 2.12. The zero-order valence-electron chi connectivity index (χ0n) is 9.34. The molecule has 2 aromatic rings. The second kappa shape index (κ2) is 4.08. The summed E-state index contributed by atoms with van der Waals surface area (Å²) in [7, 11) is 0. The van der Waals surface area contributed by atoms with E-state index in [0.717, 1.165) is 11.1 Å². The predicted octanol–water partition coefficient (Wildman–Crippen LogP) is 3.48. The van der Waals surface area contributed by atoms with E-state index in [1.165, 1.54) is 5.56 Å². The van der Waals surface area contributed by atoms with Crippen molar-refractivity contribution in [3.8, 4) is 12.3 Å². The Morgan fingerprint density at radius 1 is 0.882 bits per heavy atom. The van der Waals surface area contributed by atoms with Gasteiger partial charge in [-0.1, -0.05) is 54.5 Å². The molecule has 0 amide bonds. The van der Waals surface area contributed by atoms with E-state index >= 15 is 0 Å². The van der Waals surface area contributed by atoms with E-state index in [2.05, 4.69) is 18.1 Å². The van der Waals surface area contributed by atoms with Crippen LogP contribution in [0.2, 0.25) is 0 Å². The van der Waals surface area contributed by atoms with Crippen molar-refractivity contribution in [1.82, 2.24) is 0 Å². The second-order valence-electron chi connectivity index (χ2n) is 4.12. The molecule has 1 saturated heterocycles. The summed E-state index contributed by atoms with van der Waals surface area (Å²) in [6.45, 7) is 0. The highest BCUT2D eigenvalue weighted by molar-refractivity contribution is 5.44. The van der Waals surface area contributed by atoms with Crippen molar-refractivity contribution < 1.29 is 4.74 Å². The summed E-state index contributed by atoms with van der Waals surface area (Å²) < 4.78 is 5.74. The number of benzene rings is 2. The van der Waals surface area contributed by atoms with Crippen LogP contribution in [0.1, 0.15) is 28.9 Å². The molecule has 1 heterocycles. The first-order valence-corrected chi connectivity index (χ1v) is 5.66. The van der Waals surface area contributed by atoms with Gasteiger partial charge in [-0.05, 0) is 17.2 Å². The average Bonchev–Trinajstić information content (AvgIpc) is 3.20. The largest absolute Gasteiger partial charge is 0.359 e. The first-order valence-electron chi connectivity index (χ1n) is 5.66. The minimum atomic E-state index is 0.115. The molecule has 0 bridgehead atoms. The smallest absolute Gasteiger partial charge is 0.115 e. The third kappa shape index (κ3) is 1.84. The molecule has 2 aromatic carbocycles. The molecule has 0 N–H and O–H groups in total. The van der Waals surface area contributed by atoms with Crippen LogP contribution in [0.25, 0.3) is 0 Å². The summed E-state index contributed by atoms with van der Waals surface area (Å²) in [5.41, 5.74) is 3.25. The molecular formula is C16H12O. The van der Waals surface area contributed by atoms with Crippen molar-refractivity contribution in [2.75, 3.05) is 0 Å². The molecule has 0 aromatic heterocycles. The number of rotatable bonds is 2. The van der Waals surface area contributed by atoms with Crippen molar-refractivity contribution in [1.29, 1.82) is 0 Å². The lowest BCUT2D eigenvalue weighted by Crippen LogP contribution is -1.88. The molecular weight excluding hydrogens is 208 g/mol. The van der Waals surface area contributed by atoms with Gasteiger partial charge < -0.3 is 4.74 Å². The van der Waals surface area contributed by atoms with Gasteiger partial charge in [-0.25, -0.2) is 0 Å². The minimum absolute atomic E-state index is 0.115. The highest BCUT2D eigenvalue weighted by atomic mass is 16.6. The van der Waals surface area contributed by atoms with Gasteiger partial charge in [-0.3, -0.25) is 0 Å². The molecule has 0 aliphatic carbocycles. The van der Waals surface area contributed by atoms with Crippen LogP contribution in [-0.2, 0) is 4.74 Å². The van der Waals surface area contributed by atoms with Crippen LogP contribution in [0.5, 0.6) is 0 Å². The maximum Gasteiger partial charge on any atom is 0.115 e. The van der Waals surface area contributed by atoms with Crippen molar-refractivity contribution in [3.63, 3.8) is 0 Å². The molecule has 82 valence electrons. The van der Waals surface area contributed by atoms with Crippen LogP contribution in [-0.4, -0.2) is 0 Å². The van der Waals surface area contributed by atoms with Crippen LogP contribution in [0.15, 0.2) is 54.6 Å². The Morgan fingerprint density at radius 2 is 1.59 bits per heavy atom. The van der Waals surface area contributed by atoms with E-state index in [0.29, 0.717) is 0 Å². The molecule has 0 radical (unpaired) electrons. The lowest BCUT2D eigenvalue weighted by Gasteiger charge is -2.00. The van der Waals surface area contributed by atoms with Gasteiger partial charge >= 0.3 is 0 Å². The fraction of sp³-hybridized carbons (Fsp3) is 0.125. The van der Waals surface area contributed by atoms with E-state index in [-0.39, 0.29) is 12.2 Å². The Kier molecular flexibility index (Phi) is 2.44. The van der Waals surface area contributed by atoms with Gasteiger partial charge in [0.05, 0.1) is 0 Å². The summed E-state index contributed by atoms with van der Waals surface area (Å²) in [4.78, 5) is 0. The van der Waals surface area contributed by atoms with Crippen molar-refractivity contribution >= 4 is 0 Å². The van der Waals surface area contributed by atoms with E-state index in [9.17, 15) is 0 Å². The highest BCUT2D eigenvalue weighted by Crippen LogP contribution is 2.51. The number of hydrogen-bond donors (Lipinski definition) is 0. The Bertz CT molecular complexity index is 566. The van der Waals surface area contributed by atoms with Gasteiger partial charge in [0.15, 0.2) is 0 Å². The first-order chi connectivity index (χ1) is 8.40. The maximum atomic E-state index is 5.74. The summed E-state index contributed by atoms with van der Waals surface area (Å²) in [6, 6.07) is 18.2. The molecule has 2 atom stereocenters. The van der Waals surface area contributed by atoms with E-state index < -0.39 is 0 Å². The normalized spacial score (nSPS) is 21.8. The summed E-state index contributed by atoms with van der Waals surface area (Å²) in [6.07, 6.45) is 5.77. The lowest BCUT2D eigenvalue weighted by atomic mass is 10.0. The van der Waals surface area contributed by atoms with Gasteiger partial charge in [0.25, 0.3) is 0 Å². The third-order valence-corrected chi connectivity index (χ3v) is 3.04. The summed E-state index contributed by atoms with van der Waals surface area (Å²) in [5.74, 6) is 2.71. The van der Waals surface area contributed by atoms with Crippen molar-refractivity contribution in [2.24, 2.45) is 0 Å². The van der Waals surface area contributed by atoms with Crippen LogP contribution in [0.3, 0.4) is 0 Å². The van der Waals surface area contributed by atoms with Crippen LogP contribution >= 0.6 is 0 Å². The van der Waals surface area contributed by atoms with E-state index in [4.69, 9.17) is 11.2 Å². The molecule has 0 spiro atoms. The number of terminal acetylenes is 1. The molecule has 3 rings (SSSR count). The number of hydrogen-bond acceptors (Lipinski definition) is 1. The Labute approximate surface area is 101 Å². The van der Waals surface area contributed by atoms with E-state index in [1.807, 2.05) is 42.5 Å². The maximum absolute atomic E-state index is 5.74. The fourth-order valence-corrected chi connectivity index (χ4v) is 2.12.